The molecule has 0 saturated heterocycles. The predicted molar refractivity (Wildman–Crippen MR) is 115 cm³/mol. The highest BCUT2D eigenvalue weighted by atomic mass is 32.1. The maximum Gasteiger partial charge on any atom is 0.119 e. The van der Waals surface area contributed by atoms with E-state index in [0.29, 0.717) is 0 Å². The van der Waals surface area contributed by atoms with Gasteiger partial charge >= 0.3 is 0 Å². The molecule has 28 heavy (non-hydrogen) atoms. The van der Waals surface area contributed by atoms with Crippen molar-refractivity contribution in [1.29, 1.82) is 0 Å². The molecular formula is C24H26FNOS. The van der Waals surface area contributed by atoms with E-state index in [-0.39, 0.29) is 0 Å². The number of rotatable bonds is 6. The van der Waals surface area contributed by atoms with Crippen molar-refractivity contribution in [2.75, 3.05) is 26.7 Å². The van der Waals surface area contributed by atoms with Crippen LogP contribution in [0.3, 0.4) is 0 Å². The summed E-state index contributed by atoms with van der Waals surface area (Å²) in [7, 11) is 1.73. The van der Waals surface area contributed by atoms with Crippen molar-refractivity contribution in [1.82, 2.24) is 4.90 Å². The first kappa shape index (κ1) is 19.2. The van der Waals surface area contributed by atoms with Gasteiger partial charge in [-0.3, -0.25) is 0 Å². The van der Waals surface area contributed by atoms with Crippen molar-refractivity contribution in [3.05, 3.63) is 76.2 Å². The molecule has 0 saturated carbocycles. The van der Waals surface area contributed by atoms with Gasteiger partial charge in [-0.2, -0.15) is 0 Å². The molecule has 1 aliphatic rings. The summed E-state index contributed by atoms with van der Waals surface area (Å²) in [6.07, 6.45) is 3.27. The molecule has 146 valence electrons. The first-order valence-corrected chi connectivity index (χ1v) is 10.7. The van der Waals surface area contributed by atoms with Crippen LogP contribution in [-0.4, -0.2) is 31.6 Å². The SMILES string of the molecule is COc1ccc2c(c1)CCN(CCc1ccc(-c3ccc(CF)cc3)s1)CC2. The van der Waals surface area contributed by atoms with Gasteiger partial charge in [0.25, 0.3) is 0 Å². The molecule has 0 N–H and O–H groups in total. The van der Waals surface area contributed by atoms with E-state index in [1.807, 2.05) is 35.6 Å². The van der Waals surface area contributed by atoms with Gasteiger partial charge in [0.1, 0.15) is 12.4 Å². The fourth-order valence-corrected chi connectivity index (χ4v) is 4.79. The summed E-state index contributed by atoms with van der Waals surface area (Å²) in [6, 6.07) is 18.7. The standard InChI is InChI=1S/C24H26FNOS/c1-27-22-7-6-19-10-13-26(14-11-21(19)16-22)15-12-23-8-9-24(28-23)20-4-2-18(17-25)3-5-20/h2-9,16H,10-15,17H2,1H3. The maximum absolute atomic E-state index is 12.7. The normalized spacial score (nSPS) is 14.5. The zero-order valence-electron chi connectivity index (χ0n) is 16.3. The largest absolute Gasteiger partial charge is 0.497 e. The highest BCUT2D eigenvalue weighted by Gasteiger charge is 2.15. The van der Waals surface area contributed by atoms with Crippen LogP contribution in [-0.2, 0) is 25.9 Å². The van der Waals surface area contributed by atoms with Crippen LogP contribution in [0.25, 0.3) is 10.4 Å². The Morgan fingerprint density at radius 3 is 2.50 bits per heavy atom. The number of benzene rings is 2. The molecule has 0 atom stereocenters. The van der Waals surface area contributed by atoms with E-state index >= 15 is 0 Å². The second-order valence-corrected chi connectivity index (χ2v) is 8.49. The van der Waals surface area contributed by atoms with Gasteiger partial charge in [0.15, 0.2) is 0 Å². The van der Waals surface area contributed by atoms with Crippen molar-refractivity contribution in [2.24, 2.45) is 0 Å². The van der Waals surface area contributed by atoms with Crippen molar-refractivity contribution in [3.8, 4) is 16.2 Å². The average Bonchev–Trinajstić information content (AvgIpc) is 3.13. The minimum atomic E-state index is -0.400. The van der Waals surface area contributed by atoms with E-state index in [9.17, 15) is 4.39 Å². The molecule has 1 aliphatic heterocycles. The molecule has 0 spiro atoms. The summed E-state index contributed by atoms with van der Waals surface area (Å²) in [5.41, 5.74) is 4.79. The average molecular weight is 396 g/mol. The number of hydrogen-bond acceptors (Lipinski definition) is 3. The number of hydrogen-bond donors (Lipinski definition) is 0. The lowest BCUT2D eigenvalue weighted by Gasteiger charge is -2.19. The van der Waals surface area contributed by atoms with E-state index in [4.69, 9.17) is 4.74 Å². The molecule has 0 bridgehead atoms. The van der Waals surface area contributed by atoms with E-state index in [1.165, 1.54) is 26.4 Å². The Kier molecular flexibility index (Phi) is 6.08. The lowest BCUT2D eigenvalue weighted by Crippen LogP contribution is -2.28. The zero-order valence-corrected chi connectivity index (χ0v) is 17.1. The fraction of sp³-hybridized carbons (Fsp3) is 0.333. The number of thiophene rings is 1. The van der Waals surface area contributed by atoms with Crippen LogP contribution >= 0.6 is 11.3 Å². The van der Waals surface area contributed by atoms with Crippen LogP contribution in [0.15, 0.2) is 54.6 Å². The van der Waals surface area contributed by atoms with Crippen LogP contribution in [0.1, 0.15) is 21.6 Å². The summed E-state index contributed by atoms with van der Waals surface area (Å²) in [4.78, 5) is 5.24. The lowest BCUT2D eigenvalue weighted by atomic mass is 10.0. The molecule has 0 aliphatic carbocycles. The highest BCUT2D eigenvalue weighted by Crippen LogP contribution is 2.29. The highest BCUT2D eigenvalue weighted by molar-refractivity contribution is 7.15. The van der Waals surface area contributed by atoms with Gasteiger partial charge < -0.3 is 9.64 Å². The van der Waals surface area contributed by atoms with Crippen molar-refractivity contribution >= 4 is 11.3 Å². The molecule has 2 nitrogen and oxygen atoms in total. The van der Waals surface area contributed by atoms with Crippen LogP contribution in [0.5, 0.6) is 5.75 Å². The third kappa shape index (κ3) is 4.45. The Balaban J connectivity index is 1.34. The molecule has 3 aromatic rings. The van der Waals surface area contributed by atoms with Gasteiger partial charge in [-0.05, 0) is 65.8 Å². The van der Waals surface area contributed by atoms with E-state index < -0.39 is 6.67 Å². The quantitative estimate of drug-likeness (QED) is 0.544. The van der Waals surface area contributed by atoms with Gasteiger partial charge in [0.2, 0.25) is 0 Å². The Labute approximate surface area is 170 Å². The van der Waals surface area contributed by atoms with Crippen LogP contribution in [0.4, 0.5) is 4.39 Å². The van der Waals surface area contributed by atoms with Crippen LogP contribution in [0, 0.1) is 0 Å². The molecule has 0 amide bonds. The first-order chi connectivity index (χ1) is 13.7. The van der Waals surface area contributed by atoms with Crippen LogP contribution in [0.2, 0.25) is 0 Å². The van der Waals surface area contributed by atoms with E-state index in [1.54, 1.807) is 7.11 Å². The van der Waals surface area contributed by atoms with Crippen molar-refractivity contribution in [3.63, 3.8) is 0 Å². The molecule has 1 aromatic heterocycles. The Morgan fingerprint density at radius 1 is 0.964 bits per heavy atom. The molecule has 4 rings (SSSR count). The summed E-state index contributed by atoms with van der Waals surface area (Å²) in [5.74, 6) is 0.956. The number of ether oxygens (including phenoxy) is 1. The summed E-state index contributed by atoms with van der Waals surface area (Å²) in [5, 5.41) is 0. The molecular weight excluding hydrogens is 369 g/mol. The van der Waals surface area contributed by atoms with Gasteiger partial charge in [-0.25, -0.2) is 4.39 Å². The second-order valence-electron chi connectivity index (χ2n) is 7.32. The molecule has 0 fully saturated rings. The van der Waals surface area contributed by atoms with Crippen LogP contribution < -0.4 is 4.74 Å². The Bertz CT molecular complexity index is 919. The number of nitrogens with zero attached hydrogens (tertiary/aromatic N) is 1. The lowest BCUT2D eigenvalue weighted by molar-refractivity contribution is 0.292. The Morgan fingerprint density at radius 2 is 1.75 bits per heavy atom. The monoisotopic (exact) mass is 395 g/mol. The Hall–Kier alpha value is -2.17. The van der Waals surface area contributed by atoms with Crippen molar-refractivity contribution < 1.29 is 9.13 Å². The summed E-state index contributed by atoms with van der Waals surface area (Å²) in [6.45, 7) is 2.90. The minimum Gasteiger partial charge on any atom is -0.497 e. The number of fused-ring (bicyclic) bond motifs is 1. The molecule has 2 aromatic carbocycles. The molecule has 2 heterocycles. The van der Waals surface area contributed by atoms with Gasteiger partial charge in [-0.1, -0.05) is 30.3 Å². The summed E-state index contributed by atoms with van der Waals surface area (Å²) < 4.78 is 18.1. The van der Waals surface area contributed by atoms with E-state index in [2.05, 4.69) is 35.2 Å². The smallest absolute Gasteiger partial charge is 0.119 e. The number of alkyl halides is 1. The maximum atomic E-state index is 12.7. The third-order valence-electron chi connectivity index (χ3n) is 5.54. The predicted octanol–water partition coefficient (Wildman–Crippen LogP) is 5.54. The molecule has 0 radical (unpaired) electrons. The fourth-order valence-electron chi connectivity index (χ4n) is 3.79. The summed E-state index contributed by atoms with van der Waals surface area (Å²) >= 11 is 1.85. The molecule has 4 heteroatoms. The van der Waals surface area contributed by atoms with E-state index in [0.717, 1.165) is 50.2 Å². The second kappa shape index (κ2) is 8.89. The van der Waals surface area contributed by atoms with Gasteiger partial charge in [-0.15, -0.1) is 11.3 Å². The third-order valence-corrected chi connectivity index (χ3v) is 6.73. The van der Waals surface area contributed by atoms with Gasteiger partial charge in [0.05, 0.1) is 7.11 Å². The minimum absolute atomic E-state index is 0.400. The number of methoxy groups -OCH3 is 1. The topological polar surface area (TPSA) is 12.5 Å². The van der Waals surface area contributed by atoms with Crippen molar-refractivity contribution in [2.45, 2.75) is 25.9 Å². The number of halogens is 1. The molecule has 0 unspecified atom stereocenters. The van der Waals surface area contributed by atoms with Gasteiger partial charge in [0, 0.05) is 29.4 Å². The zero-order chi connectivity index (χ0) is 19.3. The first-order valence-electron chi connectivity index (χ1n) is 9.87.